The molecule has 2 aromatic heterocycles. The minimum atomic E-state index is 0.290. The molecule has 0 spiro atoms. The molecule has 0 amide bonds. The third kappa shape index (κ3) is 3.23. The summed E-state index contributed by atoms with van der Waals surface area (Å²) in [6.07, 6.45) is 1.79. The summed E-state index contributed by atoms with van der Waals surface area (Å²) in [5.74, 6) is 2.85. The van der Waals surface area contributed by atoms with Crippen LogP contribution in [0, 0.1) is 6.92 Å². The maximum atomic E-state index is 4.61. The van der Waals surface area contributed by atoms with Gasteiger partial charge in [0.1, 0.15) is 17.5 Å². The zero-order valence-electron chi connectivity index (χ0n) is 12.4. The molecule has 5 heteroatoms. The quantitative estimate of drug-likeness (QED) is 0.875. The van der Waals surface area contributed by atoms with Crippen LogP contribution < -0.4 is 10.6 Å². The molecule has 0 unspecified atom stereocenters. The smallest absolute Gasteiger partial charge is 0.135 e. The topological polar surface area (TPSA) is 62.7 Å². The van der Waals surface area contributed by atoms with E-state index in [9.17, 15) is 0 Å². The fourth-order valence-corrected chi connectivity index (χ4v) is 1.88. The number of anilines is 2. The summed E-state index contributed by atoms with van der Waals surface area (Å²) in [7, 11) is 1.88. The zero-order chi connectivity index (χ0) is 14.5. The lowest BCUT2D eigenvalue weighted by molar-refractivity contribution is 0.773. The first-order valence-electron chi connectivity index (χ1n) is 6.82. The molecule has 0 radical (unpaired) electrons. The van der Waals surface area contributed by atoms with Gasteiger partial charge in [-0.05, 0) is 19.1 Å². The molecule has 2 rings (SSSR count). The van der Waals surface area contributed by atoms with E-state index in [1.807, 2.05) is 32.2 Å². The van der Waals surface area contributed by atoms with Gasteiger partial charge >= 0.3 is 0 Å². The maximum Gasteiger partial charge on any atom is 0.135 e. The van der Waals surface area contributed by atoms with Gasteiger partial charge < -0.3 is 10.6 Å². The molecule has 0 aromatic carbocycles. The predicted molar refractivity (Wildman–Crippen MR) is 82.0 cm³/mol. The average Bonchev–Trinajstić information content (AvgIpc) is 2.47. The second-order valence-electron chi connectivity index (χ2n) is 4.98. The van der Waals surface area contributed by atoms with Crippen molar-refractivity contribution in [2.45, 2.75) is 33.2 Å². The highest BCUT2D eigenvalue weighted by molar-refractivity contribution is 5.57. The van der Waals surface area contributed by atoms with Crippen molar-refractivity contribution >= 4 is 11.6 Å². The van der Waals surface area contributed by atoms with E-state index in [-0.39, 0.29) is 5.92 Å². The number of pyridine rings is 1. The van der Waals surface area contributed by atoms with Crippen LogP contribution in [0.15, 0.2) is 24.4 Å². The molecule has 20 heavy (non-hydrogen) atoms. The molecule has 0 aliphatic carbocycles. The Hall–Kier alpha value is -2.17. The Labute approximate surface area is 119 Å². The Morgan fingerprint density at radius 3 is 2.50 bits per heavy atom. The first-order valence-corrected chi connectivity index (χ1v) is 6.82. The molecule has 0 saturated carbocycles. The summed E-state index contributed by atoms with van der Waals surface area (Å²) in [4.78, 5) is 13.4. The zero-order valence-corrected chi connectivity index (χ0v) is 12.4. The van der Waals surface area contributed by atoms with Gasteiger partial charge in [0.15, 0.2) is 0 Å². The molecule has 2 N–H and O–H groups in total. The summed E-state index contributed by atoms with van der Waals surface area (Å²) in [5.41, 5.74) is 2.01. The molecular formula is C15H21N5. The van der Waals surface area contributed by atoms with Crippen LogP contribution in [0.25, 0.3) is 0 Å². The lowest BCUT2D eigenvalue weighted by Crippen LogP contribution is -2.11. The molecule has 0 aliphatic rings. The van der Waals surface area contributed by atoms with E-state index >= 15 is 0 Å². The second kappa shape index (κ2) is 6.32. The number of nitrogens with one attached hydrogen (secondary N) is 2. The Balaban J connectivity index is 2.24. The largest absolute Gasteiger partial charge is 0.373 e. The average molecular weight is 271 g/mol. The Morgan fingerprint density at radius 1 is 1.15 bits per heavy atom. The minimum absolute atomic E-state index is 0.290. The molecule has 2 aromatic rings. The first-order chi connectivity index (χ1) is 9.61. The number of hydrogen-bond donors (Lipinski definition) is 2. The van der Waals surface area contributed by atoms with Crippen LogP contribution in [0.5, 0.6) is 0 Å². The van der Waals surface area contributed by atoms with Gasteiger partial charge in [0.25, 0.3) is 0 Å². The lowest BCUT2D eigenvalue weighted by atomic mass is 10.2. The van der Waals surface area contributed by atoms with Crippen LogP contribution in [0.1, 0.15) is 36.8 Å². The van der Waals surface area contributed by atoms with Gasteiger partial charge in [-0.25, -0.2) is 9.97 Å². The first kappa shape index (κ1) is 14.2. The Bertz CT molecular complexity index is 566. The monoisotopic (exact) mass is 271 g/mol. The molecular weight excluding hydrogens is 250 g/mol. The van der Waals surface area contributed by atoms with Gasteiger partial charge in [0.2, 0.25) is 0 Å². The summed E-state index contributed by atoms with van der Waals surface area (Å²) in [6, 6.07) is 5.89. The molecule has 0 bridgehead atoms. The van der Waals surface area contributed by atoms with E-state index in [0.29, 0.717) is 6.54 Å². The van der Waals surface area contributed by atoms with Gasteiger partial charge in [0.05, 0.1) is 12.2 Å². The standard InChI is InChI=1S/C15H21N5/c1-10(2)13-19-14(16-4)11(3)15(20-13)18-9-12-7-5-6-8-17-12/h5-8,10H,9H2,1-4H3,(H2,16,18,19,20). The van der Waals surface area contributed by atoms with Crippen molar-refractivity contribution in [2.24, 2.45) is 0 Å². The molecule has 0 saturated heterocycles. The summed E-state index contributed by atoms with van der Waals surface area (Å²) in [5, 5.41) is 6.47. The third-order valence-corrected chi connectivity index (χ3v) is 3.08. The number of hydrogen-bond acceptors (Lipinski definition) is 5. The Morgan fingerprint density at radius 2 is 1.90 bits per heavy atom. The van der Waals surface area contributed by atoms with Gasteiger partial charge in [-0.1, -0.05) is 19.9 Å². The fourth-order valence-electron chi connectivity index (χ4n) is 1.88. The highest BCUT2D eigenvalue weighted by Gasteiger charge is 2.12. The van der Waals surface area contributed by atoms with Crippen LogP contribution >= 0.6 is 0 Å². The molecule has 2 heterocycles. The van der Waals surface area contributed by atoms with Gasteiger partial charge in [-0.3, -0.25) is 4.98 Å². The van der Waals surface area contributed by atoms with Gasteiger partial charge in [-0.15, -0.1) is 0 Å². The number of nitrogens with zero attached hydrogens (tertiary/aromatic N) is 3. The SMILES string of the molecule is CNc1nc(C(C)C)nc(NCc2ccccn2)c1C. The van der Waals surface area contributed by atoms with Crippen LogP contribution in [-0.2, 0) is 6.54 Å². The molecule has 0 aliphatic heterocycles. The van der Waals surface area contributed by atoms with E-state index in [1.165, 1.54) is 0 Å². The van der Waals surface area contributed by atoms with Crippen molar-refractivity contribution < 1.29 is 0 Å². The maximum absolute atomic E-state index is 4.61. The van der Waals surface area contributed by atoms with Crippen molar-refractivity contribution in [3.05, 3.63) is 41.5 Å². The normalized spacial score (nSPS) is 10.7. The van der Waals surface area contributed by atoms with E-state index in [4.69, 9.17) is 0 Å². The number of rotatable bonds is 5. The highest BCUT2D eigenvalue weighted by Crippen LogP contribution is 2.23. The summed E-state index contributed by atoms with van der Waals surface area (Å²) >= 11 is 0. The number of aromatic nitrogens is 3. The van der Waals surface area contributed by atoms with Crippen LogP contribution in [0.3, 0.4) is 0 Å². The fraction of sp³-hybridized carbons (Fsp3) is 0.400. The van der Waals surface area contributed by atoms with Gasteiger partial charge in [-0.2, -0.15) is 0 Å². The summed E-state index contributed by atoms with van der Waals surface area (Å²) < 4.78 is 0. The van der Waals surface area contributed by atoms with Crippen molar-refractivity contribution in [3.8, 4) is 0 Å². The molecule has 0 fully saturated rings. The van der Waals surface area contributed by atoms with E-state index in [2.05, 4.69) is 39.4 Å². The van der Waals surface area contributed by atoms with Crippen molar-refractivity contribution in [1.29, 1.82) is 0 Å². The van der Waals surface area contributed by atoms with Crippen molar-refractivity contribution in [1.82, 2.24) is 15.0 Å². The predicted octanol–water partition coefficient (Wildman–Crippen LogP) is 2.96. The lowest BCUT2D eigenvalue weighted by Gasteiger charge is -2.15. The van der Waals surface area contributed by atoms with Gasteiger partial charge in [0, 0.05) is 24.7 Å². The summed E-state index contributed by atoms with van der Waals surface area (Å²) in [6.45, 7) is 6.84. The molecule has 106 valence electrons. The van der Waals surface area contributed by atoms with E-state index < -0.39 is 0 Å². The third-order valence-electron chi connectivity index (χ3n) is 3.08. The van der Waals surface area contributed by atoms with Crippen molar-refractivity contribution in [2.75, 3.05) is 17.7 Å². The van der Waals surface area contributed by atoms with Crippen molar-refractivity contribution in [3.63, 3.8) is 0 Å². The molecule has 5 nitrogen and oxygen atoms in total. The second-order valence-corrected chi connectivity index (χ2v) is 4.98. The van der Waals surface area contributed by atoms with Crippen LogP contribution in [0.4, 0.5) is 11.6 Å². The minimum Gasteiger partial charge on any atom is -0.373 e. The van der Waals surface area contributed by atoms with Crippen LogP contribution in [0.2, 0.25) is 0 Å². The van der Waals surface area contributed by atoms with E-state index in [1.54, 1.807) is 6.20 Å². The molecule has 0 atom stereocenters. The highest BCUT2D eigenvalue weighted by atomic mass is 15.1. The Kier molecular flexibility index (Phi) is 4.50. The van der Waals surface area contributed by atoms with Crippen LogP contribution in [-0.4, -0.2) is 22.0 Å². The van der Waals surface area contributed by atoms with E-state index in [0.717, 1.165) is 28.7 Å².